The predicted octanol–water partition coefficient (Wildman–Crippen LogP) is 2.71. The summed E-state index contributed by atoms with van der Waals surface area (Å²) in [6.45, 7) is 1.44. The number of hydrogen-bond acceptors (Lipinski definition) is 4. The summed E-state index contributed by atoms with van der Waals surface area (Å²) in [4.78, 5) is 37.0. The quantitative estimate of drug-likeness (QED) is 0.733. The molecular weight excluding hydrogens is 266 g/mol. The maximum atomic E-state index is 12.7. The van der Waals surface area contributed by atoms with Gasteiger partial charge < -0.3 is 5.32 Å². The summed E-state index contributed by atoms with van der Waals surface area (Å²) in [6, 6.07) is 9.89. The fourth-order valence-electron chi connectivity index (χ4n) is 2.74. The molecule has 0 saturated heterocycles. The highest BCUT2D eigenvalue weighted by molar-refractivity contribution is 6.31. The van der Waals surface area contributed by atoms with Gasteiger partial charge in [0.15, 0.2) is 17.3 Å². The van der Waals surface area contributed by atoms with Crippen LogP contribution in [-0.4, -0.2) is 24.4 Å². The minimum absolute atomic E-state index is 0.152. The van der Waals surface area contributed by atoms with Crippen LogP contribution in [0.25, 0.3) is 0 Å². The van der Waals surface area contributed by atoms with E-state index in [0.29, 0.717) is 27.9 Å². The Morgan fingerprint density at radius 1 is 0.905 bits per heavy atom. The highest BCUT2D eigenvalue weighted by Gasteiger charge is 2.32. The second-order valence-corrected chi connectivity index (χ2v) is 4.92. The van der Waals surface area contributed by atoms with Crippen LogP contribution in [0.3, 0.4) is 0 Å². The Kier molecular flexibility index (Phi) is 2.94. The number of anilines is 1. The molecule has 104 valence electrons. The first-order valence-corrected chi connectivity index (χ1v) is 6.60. The summed E-state index contributed by atoms with van der Waals surface area (Å²) < 4.78 is 0. The first-order valence-electron chi connectivity index (χ1n) is 6.60. The van der Waals surface area contributed by atoms with Gasteiger partial charge in [-0.2, -0.15) is 0 Å². The summed E-state index contributed by atoms with van der Waals surface area (Å²) in [5.41, 5.74) is 2.26. The largest absolute Gasteiger partial charge is 0.387 e. The van der Waals surface area contributed by atoms with Crippen molar-refractivity contribution in [2.24, 2.45) is 0 Å². The van der Waals surface area contributed by atoms with Crippen LogP contribution in [0.15, 0.2) is 36.4 Å². The van der Waals surface area contributed by atoms with Crippen LogP contribution >= 0.6 is 0 Å². The zero-order valence-electron chi connectivity index (χ0n) is 11.7. The van der Waals surface area contributed by atoms with Gasteiger partial charge in [0.2, 0.25) is 0 Å². The Morgan fingerprint density at radius 3 is 2.10 bits per heavy atom. The van der Waals surface area contributed by atoms with E-state index in [1.165, 1.54) is 6.92 Å². The molecule has 0 saturated carbocycles. The fraction of sp³-hybridized carbons (Fsp3) is 0.118. The molecule has 0 radical (unpaired) electrons. The van der Waals surface area contributed by atoms with Gasteiger partial charge in [0, 0.05) is 29.3 Å². The van der Waals surface area contributed by atoms with E-state index in [-0.39, 0.29) is 22.9 Å². The van der Waals surface area contributed by atoms with E-state index < -0.39 is 0 Å². The number of hydrogen-bond donors (Lipinski definition) is 1. The van der Waals surface area contributed by atoms with Crippen LogP contribution in [0.5, 0.6) is 0 Å². The third-order valence-electron chi connectivity index (χ3n) is 3.72. The molecular formula is C17H13NO3. The number of carbonyl (C=O) groups is 3. The summed E-state index contributed by atoms with van der Waals surface area (Å²) in [6.07, 6.45) is 0. The fourth-order valence-corrected chi connectivity index (χ4v) is 2.74. The maximum Gasteiger partial charge on any atom is 0.196 e. The van der Waals surface area contributed by atoms with Gasteiger partial charge >= 0.3 is 0 Å². The molecule has 0 unspecified atom stereocenters. The highest BCUT2D eigenvalue weighted by atomic mass is 16.1. The van der Waals surface area contributed by atoms with Crippen molar-refractivity contribution < 1.29 is 14.4 Å². The lowest BCUT2D eigenvalue weighted by molar-refractivity contribution is 0.0978. The van der Waals surface area contributed by atoms with E-state index >= 15 is 0 Å². The number of nitrogens with one attached hydrogen (secondary N) is 1. The summed E-state index contributed by atoms with van der Waals surface area (Å²) in [7, 11) is 1.64. The molecule has 0 aromatic heterocycles. The molecule has 2 aromatic rings. The molecule has 1 aliphatic rings. The Hall–Kier alpha value is -2.75. The van der Waals surface area contributed by atoms with Crippen molar-refractivity contribution in [3.8, 4) is 0 Å². The first kappa shape index (κ1) is 13.2. The second kappa shape index (κ2) is 4.66. The molecule has 21 heavy (non-hydrogen) atoms. The monoisotopic (exact) mass is 279 g/mol. The van der Waals surface area contributed by atoms with Crippen molar-refractivity contribution in [3.63, 3.8) is 0 Å². The van der Waals surface area contributed by atoms with Crippen molar-refractivity contribution in [3.05, 3.63) is 64.2 Å². The van der Waals surface area contributed by atoms with E-state index in [1.807, 2.05) is 0 Å². The van der Waals surface area contributed by atoms with Gasteiger partial charge in [0.05, 0.1) is 11.3 Å². The molecule has 0 fully saturated rings. The van der Waals surface area contributed by atoms with Crippen LogP contribution in [0, 0.1) is 0 Å². The van der Waals surface area contributed by atoms with Crippen molar-refractivity contribution in [1.82, 2.24) is 0 Å². The minimum Gasteiger partial charge on any atom is -0.387 e. The number of fused-ring (bicyclic) bond motifs is 2. The average molecular weight is 279 g/mol. The topological polar surface area (TPSA) is 63.2 Å². The molecule has 0 amide bonds. The minimum atomic E-state index is -0.229. The van der Waals surface area contributed by atoms with Crippen LogP contribution < -0.4 is 5.32 Å². The zero-order chi connectivity index (χ0) is 15.1. The van der Waals surface area contributed by atoms with Crippen LogP contribution in [-0.2, 0) is 0 Å². The van der Waals surface area contributed by atoms with Crippen LogP contribution in [0.1, 0.15) is 49.1 Å². The Balaban J connectivity index is 2.35. The first-order chi connectivity index (χ1) is 10.1. The second-order valence-electron chi connectivity index (χ2n) is 4.92. The van der Waals surface area contributed by atoms with E-state index in [4.69, 9.17) is 0 Å². The lowest BCUT2D eigenvalue weighted by Gasteiger charge is -2.21. The van der Waals surface area contributed by atoms with Crippen molar-refractivity contribution in [2.45, 2.75) is 6.92 Å². The normalized spacial score (nSPS) is 12.7. The number of Topliss-reactive ketones (excluding diaryl/α,β-unsaturated/α-hetero) is 1. The molecule has 0 spiro atoms. The molecule has 4 heteroatoms. The lowest BCUT2D eigenvalue weighted by atomic mass is 9.82. The molecule has 0 heterocycles. The molecule has 2 aromatic carbocycles. The Morgan fingerprint density at radius 2 is 1.52 bits per heavy atom. The van der Waals surface area contributed by atoms with Gasteiger partial charge in [0.1, 0.15) is 0 Å². The zero-order valence-corrected chi connectivity index (χ0v) is 11.7. The maximum absolute atomic E-state index is 12.7. The number of ketones is 3. The molecule has 4 nitrogen and oxygen atoms in total. The van der Waals surface area contributed by atoms with Gasteiger partial charge in [0.25, 0.3) is 0 Å². The molecule has 0 bridgehead atoms. The highest BCUT2D eigenvalue weighted by Crippen LogP contribution is 2.34. The van der Waals surface area contributed by atoms with Crippen molar-refractivity contribution in [2.75, 3.05) is 12.4 Å². The number of carbonyl (C=O) groups excluding carboxylic acids is 3. The van der Waals surface area contributed by atoms with Gasteiger partial charge in [-0.3, -0.25) is 14.4 Å². The Bertz CT molecular complexity index is 806. The SMILES string of the molecule is CNc1c(C(C)=O)ccc2c1C(=O)c1ccccc1C2=O. The van der Waals surface area contributed by atoms with Crippen molar-refractivity contribution >= 4 is 23.0 Å². The van der Waals surface area contributed by atoms with E-state index in [9.17, 15) is 14.4 Å². The smallest absolute Gasteiger partial charge is 0.196 e. The summed E-state index contributed by atoms with van der Waals surface area (Å²) >= 11 is 0. The Labute approximate surface area is 121 Å². The van der Waals surface area contributed by atoms with Crippen molar-refractivity contribution in [1.29, 1.82) is 0 Å². The number of rotatable bonds is 2. The van der Waals surface area contributed by atoms with Gasteiger partial charge in [-0.1, -0.05) is 24.3 Å². The summed E-state index contributed by atoms with van der Waals surface area (Å²) in [5.74, 6) is -0.569. The molecule has 3 rings (SSSR count). The molecule has 0 atom stereocenters. The van der Waals surface area contributed by atoms with E-state index in [2.05, 4.69) is 5.32 Å². The third-order valence-corrected chi connectivity index (χ3v) is 3.72. The average Bonchev–Trinajstić information content (AvgIpc) is 2.51. The van der Waals surface area contributed by atoms with Crippen LogP contribution in [0.2, 0.25) is 0 Å². The van der Waals surface area contributed by atoms with Gasteiger partial charge in [-0.05, 0) is 19.1 Å². The van der Waals surface area contributed by atoms with E-state index in [1.54, 1.807) is 43.4 Å². The molecule has 1 aliphatic carbocycles. The van der Waals surface area contributed by atoms with E-state index in [0.717, 1.165) is 0 Å². The lowest BCUT2D eigenvalue weighted by Crippen LogP contribution is -2.23. The predicted molar refractivity (Wildman–Crippen MR) is 79.3 cm³/mol. The molecule has 0 aliphatic heterocycles. The summed E-state index contributed by atoms with van der Waals surface area (Å²) in [5, 5.41) is 2.89. The van der Waals surface area contributed by atoms with Crippen LogP contribution in [0.4, 0.5) is 5.69 Å². The number of benzene rings is 2. The van der Waals surface area contributed by atoms with Gasteiger partial charge in [-0.15, -0.1) is 0 Å². The van der Waals surface area contributed by atoms with Gasteiger partial charge in [-0.25, -0.2) is 0 Å². The standard InChI is InChI=1S/C17H13NO3/c1-9(19)10-7-8-13-14(15(10)18-2)17(21)12-6-4-3-5-11(12)16(13)20/h3-8,18H,1-2H3. The molecule has 1 N–H and O–H groups in total. The third kappa shape index (κ3) is 1.80.